The Balaban J connectivity index is 1.92. The van der Waals surface area contributed by atoms with Gasteiger partial charge in [0, 0.05) is 6.42 Å². The standard InChI is InChI=1S/C25H23F3N2O2/c1-24(18-10-4-2-5-11-18,19-12-6-3-7-13-19)23(32)30-21(22(29)31)16-17-9-8-14-20(15-17)25(26,27)28/h2-15,21H,16H2,1H3,(H2,29,31)(H,30,32)/t21-/m1/s1. The Labute approximate surface area is 184 Å². The molecule has 0 aliphatic rings. The Kier molecular flexibility index (Phi) is 6.67. The summed E-state index contributed by atoms with van der Waals surface area (Å²) in [4.78, 5) is 25.6. The van der Waals surface area contributed by atoms with Crippen LogP contribution < -0.4 is 11.1 Å². The highest BCUT2D eigenvalue weighted by Crippen LogP contribution is 2.33. The van der Waals surface area contributed by atoms with E-state index in [1.807, 2.05) is 12.1 Å². The number of primary amides is 1. The summed E-state index contributed by atoms with van der Waals surface area (Å²) in [5.74, 6) is -1.31. The van der Waals surface area contributed by atoms with E-state index >= 15 is 0 Å². The first-order valence-electron chi connectivity index (χ1n) is 10.00. The molecule has 3 rings (SSSR count). The van der Waals surface area contributed by atoms with E-state index in [1.54, 1.807) is 55.5 Å². The zero-order valence-electron chi connectivity index (χ0n) is 17.4. The third-order valence-corrected chi connectivity index (χ3v) is 5.50. The molecule has 0 saturated carbocycles. The number of carbonyl (C=O) groups excluding carboxylic acids is 2. The molecule has 3 aromatic carbocycles. The largest absolute Gasteiger partial charge is 0.416 e. The summed E-state index contributed by atoms with van der Waals surface area (Å²) in [6.07, 6.45) is -4.68. The van der Waals surface area contributed by atoms with Gasteiger partial charge in [-0.05, 0) is 29.7 Å². The number of benzene rings is 3. The van der Waals surface area contributed by atoms with Crippen LogP contribution in [0.4, 0.5) is 13.2 Å². The summed E-state index contributed by atoms with van der Waals surface area (Å²) in [6, 6.07) is 21.5. The van der Waals surface area contributed by atoms with Crippen molar-refractivity contribution in [3.8, 4) is 0 Å². The van der Waals surface area contributed by atoms with Crippen LogP contribution in [0.15, 0.2) is 84.9 Å². The number of hydrogen-bond donors (Lipinski definition) is 2. The molecular formula is C25H23F3N2O2. The van der Waals surface area contributed by atoms with E-state index in [2.05, 4.69) is 5.32 Å². The maximum Gasteiger partial charge on any atom is 0.416 e. The van der Waals surface area contributed by atoms with Crippen LogP contribution in [0.5, 0.6) is 0 Å². The molecular weight excluding hydrogens is 417 g/mol. The van der Waals surface area contributed by atoms with Gasteiger partial charge in [0.15, 0.2) is 0 Å². The lowest BCUT2D eigenvalue weighted by Gasteiger charge is -2.31. The number of halogens is 3. The molecule has 0 spiro atoms. The van der Waals surface area contributed by atoms with Crippen molar-refractivity contribution in [3.05, 3.63) is 107 Å². The van der Waals surface area contributed by atoms with Crippen molar-refractivity contribution < 1.29 is 22.8 Å². The van der Waals surface area contributed by atoms with E-state index < -0.39 is 35.0 Å². The summed E-state index contributed by atoms with van der Waals surface area (Å²) in [7, 11) is 0. The quantitative estimate of drug-likeness (QED) is 0.577. The Morgan fingerprint density at radius 2 is 1.34 bits per heavy atom. The Bertz CT molecular complexity index is 1040. The van der Waals surface area contributed by atoms with Gasteiger partial charge >= 0.3 is 6.18 Å². The lowest BCUT2D eigenvalue weighted by Crippen LogP contribution is -2.52. The van der Waals surface area contributed by atoms with E-state index in [4.69, 9.17) is 5.73 Å². The Morgan fingerprint density at radius 1 is 0.844 bits per heavy atom. The summed E-state index contributed by atoms with van der Waals surface area (Å²) in [5, 5.41) is 2.67. The van der Waals surface area contributed by atoms with Gasteiger partial charge in [0.2, 0.25) is 11.8 Å². The highest BCUT2D eigenvalue weighted by molar-refractivity contribution is 5.95. The maximum absolute atomic E-state index is 13.5. The molecule has 2 amide bonds. The molecule has 0 unspecified atom stereocenters. The van der Waals surface area contributed by atoms with E-state index in [-0.39, 0.29) is 12.0 Å². The summed E-state index contributed by atoms with van der Waals surface area (Å²) in [6.45, 7) is 1.73. The molecule has 1 atom stereocenters. The van der Waals surface area contributed by atoms with Crippen LogP contribution in [0.2, 0.25) is 0 Å². The molecule has 0 aliphatic carbocycles. The predicted octanol–water partition coefficient (Wildman–Crippen LogP) is 4.22. The second-order valence-corrected chi connectivity index (χ2v) is 7.69. The van der Waals surface area contributed by atoms with Crippen LogP contribution in [0, 0.1) is 0 Å². The molecule has 4 nitrogen and oxygen atoms in total. The molecule has 32 heavy (non-hydrogen) atoms. The SMILES string of the molecule is CC(C(=O)N[C@H](Cc1cccc(C(F)(F)F)c1)C(N)=O)(c1ccccc1)c1ccccc1. The number of amides is 2. The molecule has 166 valence electrons. The summed E-state index contributed by atoms with van der Waals surface area (Å²) >= 11 is 0. The van der Waals surface area contributed by atoms with Gasteiger partial charge in [-0.1, -0.05) is 78.9 Å². The van der Waals surface area contributed by atoms with Crippen LogP contribution in [0.1, 0.15) is 29.2 Å². The highest BCUT2D eigenvalue weighted by Gasteiger charge is 2.39. The molecule has 0 bridgehead atoms. The van der Waals surface area contributed by atoms with Crippen molar-refractivity contribution in [1.82, 2.24) is 5.32 Å². The number of carbonyl (C=O) groups is 2. The molecule has 0 aliphatic heterocycles. The summed E-state index contributed by atoms with van der Waals surface area (Å²) < 4.78 is 39.1. The van der Waals surface area contributed by atoms with Crippen LogP contribution in [0.25, 0.3) is 0 Å². The monoisotopic (exact) mass is 440 g/mol. The third-order valence-electron chi connectivity index (χ3n) is 5.50. The average Bonchev–Trinajstić information content (AvgIpc) is 2.78. The number of hydrogen-bond acceptors (Lipinski definition) is 2. The molecule has 3 N–H and O–H groups in total. The molecule has 0 fully saturated rings. The van der Waals surface area contributed by atoms with Gasteiger partial charge in [0.05, 0.1) is 11.0 Å². The van der Waals surface area contributed by atoms with Gasteiger partial charge in [-0.15, -0.1) is 0 Å². The Morgan fingerprint density at radius 3 is 1.81 bits per heavy atom. The van der Waals surface area contributed by atoms with Crippen molar-refractivity contribution in [1.29, 1.82) is 0 Å². The van der Waals surface area contributed by atoms with Crippen LogP contribution in [-0.2, 0) is 27.6 Å². The maximum atomic E-state index is 13.5. The van der Waals surface area contributed by atoms with Crippen LogP contribution >= 0.6 is 0 Å². The second kappa shape index (κ2) is 9.26. The van der Waals surface area contributed by atoms with E-state index in [0.29, 0.717) is 11.1 Å². The average molecular weight is 440 g/mol. The van der Waals surface area contributed by atoms with Crippen molar-refractivity contribution >= 4 is 11.8 Å². The normalized spacial score (nSPS) is 12.8. The van der Waals surface area contributed by atoms with Gasteiger partial charge in [-0.25, -0.2) is 0 Å². The van der Waals surface area contributed by atoms with Gasteiger partial charge in [-0.3, -0.25) is 9.59 Å². The fraction of sp³-hybridized carbons (Fsp3) is 0.200. The lowest BCUT2D eigenvalue weighted by molar-refractivity contribution is -0.137. The fourth-order valence-electron chi connectivity index (χ4n) is 3.61. The van der Waals surface area contributed by atoms with Crippen molar-refractivity contribution in [2.45, 2.75) is 31.0 Å². The molecule has 0 saturated heterocycles. The lowest BCUT2D eigenvalue weighted by atomic mass is 9.75. The van der Waals surface area contributed by atoms with Gasteiger partial charge in [0.1, 0.15) is 6.04 Å². The zero-order chi connectivity index (χ0) is 23.4. The second-order valence-electron chi connectivity index (χ2n) is 7.69. The minimum Gasteiger partial charge on any atom is -0.368 e. The molecule has 0 heterocycles. The summed E-state index contributed by atoms with van der Waals surface area (Å²) in [5.41, 5.74) is 5.16. The highest BCUT2D eigenvalue weighted by atomic mass is 19.4. The van der Waals surface area contributed by atoms with Crippen molar-refractivity contribution in [3.63, 3.8) is 0 Å². The predicted molar refractivity (Wildman–Crippen MR) is 116 cm³/mol. The topological polar surface area (TPSA) is 72.2 Å². The Hall–Kier alpha value is -3.61. The van der Waals surface area contributed by atoms with Crippen molar-refractivity contribution in [2.75, 3.05) is 0 Å². The number of alkyl halides is 3. The zero-order valence-corrected chi connectivity index (χ0v) is 17.4. The number of rotatable bonds is 7. The first-order chi connectivity index (χ1) is 15.1. The van der Waals surface area contributed by atoms with Gasteiger partial charge in [0.25, 0.3) is 0 Å². The minimum absolute atomic E-state index is 0.162. The molecule has 0 radical (unpaired) electrons. The minimum atomic E-state index is -4.51. The van der Waals surface area contributed by atoms with Crippen molar-refractivity contribution in [2.24, 2.45) is 5.73 Å². The van der Waals surface area contributed by atoms with Gasteiger partial charge in [-0.2, -0.15) is 13.2 Å². The first kappa shape index (κ1) is 23.1. The van der Waals surface area contributed by atoms with Crippen LogP contribution in [-0.4, -0.2) is 17.9 Å². The fourth-order valence-corrected chi connectivity index (χ4v) is 3.61. The smallest absolute Gasteiger partial charge is 0.368 e. The molecule has 0 aromatic heterocycles. The molecule has 3 aromatic rings. The van der Waals surface area contributed by atoms with E-state index in [1.165, 1.54) is 12.1 Å². The number of nitrogens with two attached hydrogens (primary N) is 1. The van der Waals surface area contributed by atoms with Gasteiger partial charge < -0.3 is 11.1 Å². The molecule has 7 heteroatoms. The van der Waals surface area contributed by atoms with Crippen LogP contribution in [0.3, 0.4) is 0 Å². The first-order valence-corrected chi connectivity index (χ1v) is 10.00. The third kappa shape index (κ3) is 4.99. The number of nitrogens with one attached hydrogen (secondary N) is 1. The van der Waals surface area contributed by atoms with E-state index in [0.717, 1.165) is 12.1 Å². The van der Waals surface area contributed by atoms with E-state index in [9.17, 15) is 22.8 Å².